The van der Waals surface area contributed by atoms with Gasteiger partial charge in [-0.05, 0) is 77.4 Å². The summed E-state index contributed by atoms with van der Waals surface area (Å²) in [5.74, 6) is 3.06. The molecule has 0 aromatic rings. The lowest BCUT2D eigenvalue weighted by atomic mass is 9.53. The van der Waals surface area contributed by atoms with Crippen LogP contribution in [0.15, 0.2) is 0 Å². The van der Waals surface area contributed by atoms with Gasteiger partial charge in [0.2, 0.25) is 0 Å². The zero-order valence-corrected chi connectivity index (χ0v) is 11.0. The molecule has 3 nitrogen and oxygen atoms in total. The summed E-state index contributed by atoms with van der Waals surface area (Å²) in [7, 11) is 6.00. The molecular weight excluding hydrogens is 200 g/mol. The van der Waals surface area contributed by atoms with E-state index >= 15 is 0 Å². The summed E-state index contributed by atoms with van der Waals surface area (Å²) in [6.45, 7) is 0. The average molecular weight is 228 g/mol. The van der Waals surface area contributed by atoms with Gasteiger partial charge >= 0.3 is 0 Å². The molecule has 0 aromatic carbocycles. The van der Waals surface area contributed by atoms with E-state index in [9.17, 15) is 0 Å². The third-order valence-corrected chi connectivity index (χ3v) is 4.09. The van der Waals surface area contributed by atoms with Crippen molar-refractivity contribution < 1.29 is 5.48 Å². The molecule has 3 heteroatoms. The van der Waals surface area contributed by atoms with Crippen LogP contribution in [0.3, 0.4) is 0 Å². The van der Waals surface area contributed by atoms with Crippen molar-refractivity contribution in [3.63, 3.8) is 0 Å². The fraction of sp³-hybridized carbons (Fsp3) is 1.00. The lowest BCUT2D eigenvalue weighted by Crippen LogP contribution is -2.55. The van der Waals surface area contributed by atoms with E-state index in [4.69, 9.17) is 5.73 Å². The van der Waals surface area contributed by atoms with Crippen LogP contribution >= 0.6 is 0 Å². The van der Waals surface area contributed by atoms with E-state index in [1.807, 2.05) is 26.0 Å². The highest BCUT2D eigenvalue weighted by Gasteiger charge is 2.48. The summed E-state index contributed by atoms with van der Waals surface area (Å²) in [6, 6.07) is 0. The first-order valence-corrected chi connectivity index (χ1v) is 6.37. The Bertz CT molecular complexity index is 190. The maximum absolute atomic E-state index is 6.32. The monoisotopic (exact) mass is 228 g/mol. The van der Waals surface area contributed by atoms with Gasteiger partial charge in [-0.15, -0.1) is 0 Å². The van der Waals surface area contributed by atoms with Gasteiger partial charge in [0, 0.05) is 5.54 Å². The van der Waals surface area contributed by atoms with Crippen LogP contribution in [0.4, 0.5) is 0 Å². The molecule has 0 aromatic heterocycles. The van der Waals surface area contributed by atoms with Crippen LogP contribution < -0.4 is 5.73 Å². The first-order valence-electron chi connectivity index (χ1n) is 6.37. The van der Waals surface area contributed by atoms with E-state index < -0.39 is 0 Å². The minimum Gasteiger partial charge on any atom is -0.412 e. The SMILES string of the molecule is CN(C)C.NC12CC3CC(CC(C3)C1)C2.O. The highest BCUT2D eigenvalue weighted by Crippen LogP contribution is 2.54. The third-order valence-electron chi connectivity index (χ3n) is 4.09. The summed E-state index contributed by atoms with van der Waals surface area (Å²) in [5.41, 5.74) is 6.62. The van der Waals surface area contributed by atoms with Gasteiger partial charge in [-0.1, -0.05) is 0 Å². The molecule has 4 aliphatic rings. The summed E-state index contributed by atoms with van der Waals surface area (Å²) in [4.78, 5) is 2.00. The van der Waals surface area contributed by atoms with Crippen molar-refractivity contribution in [2.24, 2.45) is 23.5 Å². The predicted octanol–water partition coefficient (Wildman–Crippen LogP) is 1.27. The van der Waals surface area contributed by atoms with Gasteiger partial charge in [0.15, 0.2) is 0 Å². The highest BCUT2D eigenvalue weighted by molar-refractivity contribution is 5.04. The first kappa shape index (κ1) is 13.9. The van der Waals surface area contributed by atoms with Gasteiger partial charge in [-0.25, -0.2) is 0 Å². The Hall–Kier alpha value is -0.120. The molecule has 0 spiro atoms. The second-order valence-electron chi connectivity index (χ2n) is 6.62. The Balaban J connectivity index is 0.000000228. The molecule has 96 valence electrons. The first-order chi connectivity index (χ1) is 6.97. The standard InChI is InChI=1S/C10H17N.C3H9N.H2O/c11-10-4-7-1-8(5-10)3-9(2-7)6-10;1-4(2)3;/h7-9H,1-6,11H2;1-3H3;1H2. The van der Waals surface area contributed by atoms with E-state index in [1.54, 1.807) is 0 Å². The van der Waals surface area contributed by atoms with E-state index in [0.717, 1.165) is 17.8 Å². The molecule has 4 fully saturated rings. The van der Waals surface area contributed by atoms with Gasteiger partial charge in [-0.3, -0.25) is 0 Å². The number of hydrogen-bond donors (Lipinski definition) is 1. The minimum absolute atomic E-state index is 0. The van der Waals surface area contributed by atoms with Gasteiger partial charge in [0.1, 0.15) is 0 Å². The minimum atomic E-state index is 0. The molecule has 0 atom stereocenters. The molecule has 0 saturated heterocycles. The summed E-state index contributed by atoms with van der Waals surface area (Å²) >= 11 is 0. The van der Waals surface area contributed by atoms with Crippen LogP contribution in [-0.2, 0) is 0 Å². The Morgan fingerprint density at radius 2 is 1.12 bits per heavy atom. The molecule has 0 unspecified atom stereocenters. The quantitative estimate of drug-likeness (QED) is 0.678. The third kappa shape index (κ3) is 3.19. The molecule has 0 amide bonds. The highest BCUT2D eigenvalue weighted by atomic mass is 16.0. The van der Waals surface area contributed by atoms with E-state index in [-0.39, 0.29) is 5.48 Å². The Labute approximate surface area is 99.7 Å². The Morgan fingerprint density at radius 1 is 0.875 bits per heavy atom. The molecule has 4 rings (SSSR count). The zero-order valence-electron chi connectivity index (χ0n) is 11.0. The van der Waals surface area contributed by atoms with Crippen molar-refractivity contribution >= 4 is 0 Å². The molecule has 4 aliphatic carbocycles. The molecule has 0 heterocycles. The van der Waals surface area contributed by atoms with Crippen LogP contribution in [0.5, 0.6) is 0 Å². The van der Waals surface area contributed by atoms with Crippen molar-refractivity contribution in [2.75, 3.05) is 21.1 Å². The van der Waals surface area contributed by atoms with Crippen LogP contribution in [0.25, 0.3) is 0 Å². The van der Waals surface area contributed by atoms with E-state index in [2.05, 4.69) is 0 Å². The van der Waals surface area contributed by atoms with Crippen molar-refractivity contribution in [1.29, 1.82) is 0 Å². The lowest BCUT2D eigenvalue weighted by Gasteiger charge is -2.55. The maximum atomic E-state index is 6.32. The van der Waals surface area contributed by atoms with Gasteiger partial charge in [0.05, 0.1) is 0 Å². The summed E-state index contributed by atoms with van der Waals surface area (Å²) in [5, 5.41) is 0. The smallest absolute Gasteiger partial charge is 0.0162 e. The summed E-state index contributed by atoms with van der Waals surface area (Å²) < 4.78 is 0. The van der Waals surface area contributed by atoms with E-state index in [0.29, 0.717) is 5.54 Å². The normalized spacial score (nSPS) is 43.7. The zero-order chi connectivity index (χ0) is 11.1. The largest absolute Gasteiger partial charge is 0.412 e. The molecule has 4 saturated carbocycles. The average Bonchev–Trinajstić information content (AvgIpc) is 1.96. The molecular formula is C13H28N2O. The van der Waals surface area contributed by atoms with Crippen LogP contribution in [0.1, 0.15) is 38.5 Å². The van der Waals surface area contributed by atoms with Crippen molar-refractivity contribution in [1.82, 2.24) is 4.90 Å². The lowest BCUT2D eigenvalue weighted by molar-refractivity contribution is 0.000365. The molecule has 16 heavy (non-hydrogen) atoms. The second kappa shape index (κ2) is 5.03. The maximum Gasteiger partial charge on any atom is 0.0162 e. The van der Waals surface area contributed by atoms with Crippen molar-refractivity contribution in [3.05, 3.63) is 0 Å². The van der Waals surface area contributed by atoms with Gasteiger partial charge in [-0.2, -0.15) is 0 Å². The van der Waals surface area contributed by atoms with Crippen LogP contribution in [0.2, 0.25) is 0 Å². The predicted molar refractivity (Wildman–Crippen MR) is 68.3 cm³/mol. The second-order valence-corrected chi connectivity index (χ2v) is 6.62. The van der Waals surface area contributed by atoms with E-state index in [1.165, 1.54) is 38.5 Å². The number of nitrogens with zero attached hydrogens (tertiary/aromatic N) is 1. The number of rotatable bonds is 0. The van der Waals surface area contributed by atoms with Gasteiger partial charge < -0.3 is 16.1 Å². The molecule has 0 radical (unpaired) electrons. The molecule has 4 bridgehead atoms. The fourth-order valence-corrected chi connectivity index (χ4v) is 4.18. The Morgan fingerprint density at radius 3 is 1.31 bits per heavy atom. The summed E-state index contributed by atoms with van der Waals surface area (Å²) in [6.07, 6.45) is 8.57. The van der Waals surface area contributed by atoms with Crippen molar-refractivity contribution in [2.45, 2.75) is 44.1 Å². The number of nitrogens with two attached hydrogens (primary N) is 1. The number of hydrogen-bond acceptors (Lipinski definition) is 2. The Kier molecular flexibility index (Phi) is 4.38. The topological polar surface area (TPSA) is 60.8 Å². The van der Waals surface area contributed by atoms with Crippen LogP contribution in [-0.4, -0.2) is 37.1 Å². The van der Waals surface area contributed by atoms with Crippen molar-refractivity contribution in [3.8, 4) is 0 Å². The van der Waals surface area contributed by atoms with Gasteiger partial charge in [0.25, 0.3) is 0 Å². The molecule has 0 aliphatic heterocycles. The fourth-order valence-electron chi connectivity index (χ4n) is 4.18. The molecule has 4 N–H and O–H groups in total. The van der Waals surface area contributed by atoms with Crippen LogP contribution in [0, 0.1) is 17.8 Å².